The summed E-state index contributed by atoms with van der Waals surface area (Å²) < 4.78 is 1.94. The first-order chi connectivity index (χ1) is 15.5. The Morgan fingerprint density at radius 3 is 2.62 bits per heavy atom. The van der Waals surface area contributed by atoms with Crippen LogP contribution in [0.25, 0.3) is 0 Å². The maximum absolute atomic E-state index is 12.6. The quantitative estimate of drug-likeness (QED) is 0.143. The molecule has 32 heavy (non-hydrogen) atoms. The fraction of sp³-hybridized carbons (Fsp3) is 0.217. The lowest BCUT2D eigenvalue weighted by Crippen LogP contribution is -2.28. The van der Waals surface area contributed by atoms with Crippen LogP contribution in [0.3, 0.4) is 0 Å². The van der Waals surface area contributed by atoms with Crippen molar-refractivity contribution in [2.75, 3.05) is 11.1 Å². The standard InChI is InChI=1S/C23H27N7OS/c1-4-14-30-21(15-25-20-8-6-5-7-9-20)27-29-23(30)32-17(3)22(31)28-26-16(2)18-10-12-19(24)13-11-18/h4-13,17,25H,1,14-15,24H2,2-3H3,(H,28,31)/b26-16-/t17-/m0/s1. The highest BCUT2D eigenvalue weighted by atomic mass is 32.2. The van der Waals surface area contributed by atoms with Gasteiger partial charge in [-0.05, 0) is 43.7 Å². The zero-order valence-corrected chi connectivity index (χ0v) is 19.0. The molecule has 8 nitrogen and oxygen atoms in total. The summed E-state index contributed by atoms with van der Waals surface area (Å²) in [4.78, 5) is 12.6. The van der Waals surface area contributed by atoms with Gasteiger partial charge in [0.05, 0.1) is 17.5 Å². The molecular formula is C23H27N7OS. The molecule has 1 amide bonds. The number of hydrogen-bond donors (Lipinski definition) is 3. The SMILES string of the molecule is C=CCn1c(CNc2ccccc2)nnc1S[C@@H](C)C(=O)N/N=C(/C)c1ccc(N)cc1. The normalized spacial score (nSPS) is 12.2. The summed E-state index contributed by atoms with van der Waals surface area (Å²) in [5.74, 6) is 0.544. The second-order valence-electron chi connectivity index (χ2n) is 7.07. The van der Waals surface area contributed by atoms with E-state index in [1.54, 1.807) is 18.2 Å². The van der Waals surface area contributed by atoms with Gasteiger partial charge in [-0.15, -0.1) is 16.8 Å². The van der Waals surface area contributed by atoms with E-state index in [0.29, 0.717) is 29.6 Å². The number of para-hydroxylation sites is 1. The Kier molecular flexibility index (Phi) is 8.04. The lowest BCUT2D eigenvalue weighted by molar-refractivity contribution is -0.120. The average Bonchev–Trinajstić information content (AvgIpc) is 3.18. The molecule has 0 bridgehead atoms. The van der Waals surface area contributed by atoms with Gasteiger partial charge in [0.2, 0.25) is 0 Å². The highest BCUT2D eigenvalue weighted by molar-refractivity contribution is 8.00. The first-order valence-electron chi connectivity index (χ1n) is 10.2. The number of amides is 1. The first-order valence-corrected chi connectivity index (χ1v) is 11.0. The maximum Gasteiger partial charge on any atom is 0.253 e. The number of nitrogens with zero attached hydrogens (tertiary/aromatic N) is 4. The lowest BCUT2D eigenvalue weighted by Gasteiger charge is -2.12. The van der Waals surface area contributed by atoms with Crippen molar-refractivity contribution >= 4 is 34.8 Å². The number of hydrazone groups is 1. The minimum absolute atomic E-state index is 0.220. The fourth-order valence-corrected chi connectivity index (χ4v) is 3.69. The molecule has 0 saturated heterocycles. The summed E-state index contributed by atoms with van der Waals surface area (Å²) >= 11 is 1.33. The van der Waals surface area contributed by atoms with Gasteiger partial charge in [-0.25, -0.2) is 5.43 Å². The average molecular weight is 450 g/mol. The number of hydrogen-bond acceptors (Lipinski definition) is 7. The van der Waals surface area contributed by atoms with Crippen molar-refractivity contribution in [1.82, 2.24) is 20.2 Å². The molecule has 1 atom stereocenters. The van der Waals surface area contributed by atoms with Crippen LogP contribution in [0.5, 0.6) is 0 Å². The number of nitrogens with two attached hydrogens (primary N) is 1. The van der Waals surface area contributed by atoms with Crippen LogP contribution in [0.2, 0.25) is 0 Å². The molecule has 0 spiro atoms. The first kappa shape index (κ1) is 23.1. The number of carbonyl (C=O) groups is 1. The molecule has 0 aliphatic heterocycles. The smallest absolute Gasteiger partial charge is 0.253 e. The van der Waals surface area contributed by atoms with Crippen molar-refractivity contribution in [2.45, 2.75) is 37.3 Å². The van der Waals surface area contributed by atoms with Gasteiger partial charge in [-0.2, -0.15) is 5.10 Å². The van der Waals surface area contributed by atoms with Gasteiger partial charge < -0.3 is 15.6 Å². The van der Waals surface area contributed by atoms with Gasteiger partial charge in [0, 0.05) is 17.9 Å². The van der Waals surface area contributed by atoms with E-state index in [1.807, 2.05) is 60.9 Å². The Hall–Kier alpha value is -3.59. The van der Waals surface area contributed by atoms with Crippen LogP contribution in [0.4, 0.5) is 11.4 Å². The third-order valence-electron chi connectivity index (χ3n) is 4.64. The zero-order valence-electron chi connectivity index (χ0n) is 18.2. The Bertz CT molecular complexity index is 1080. The van der Waals surface area contributed by atoms with E-state index < -0.39 is 5.25 Å². The number of anilines is 2. The molecule has 1 heterocycles. The summed E-state index contributed by atoms with van der Waals surface area (Å²) in [6, 6.07) is 17.2. The molecule has 3 rings (SSSR count). The van der Waals surface area contributed by atoms with Crippen molar-refractivity contribution < 1.29 is 4.79 Å². The topological polar surface area (TPSA) is 110 Å². The molecule has 0 aliphatic rings. The molecule has 0 aliphatic carbocycles. The van der Waals surface area contributed by atoms with Crippen LogP contribution in [0, 0.1) is 0 Å². The Labute approximate surface area is 192 Å². The number of thioether (sulfide) groups is 1. The highest BCUT2D eigenvalue weighted by Crippen LogP contribution is 2.23. The Morgan fingerprint density at radius 2 is 1.94 bits per heavy atom. The number of rotatable bonds is 10. The summed E-state index contributed by atoms with van der Waals surface area (Å²) in [6.07, 6.45) is 1.78. The van der Waals surface area contributed by atoms with Crippen LogP contribution in [0.15, 0.2) is 77.5 Å². The summed E-state index contributed by atoms with van der Waals surface area (Å²) in [7, 11) is 0. The predicted octanol–water partition coefficient (Wildman–Crippen LogP) is 3.68. The van der Waals surface area contributed by atoms with Crippen LogP contribution < -0.4 is 16.5 Å². The van der Waals surface area contributed by atoms with Crippen molar-refractivity contribution in [3.63, 3.8) is 0 Å². The lowest BCUT2D eigenvalue weighted by atomic mass is 10.1. The number of nitrogens with one attached hydrogen (secondary N) is 2. The number of allylic oxidation sites excluding steroid dienone is 1. The summed E-state index contributed by atoms with van der Waals surface area (Å²) in [6.45, 7) is 8.52. The third-order valence-corrected chi connectivity index (χ3v) is 5.72. The van der Waals surface area contributed by atoms with E-state index in [9.17, 15) is 4.79 Å². The summed E-state index contributed by atoms with van der Waals surface area (Å²) in [5, 5.41) is 16.3. The van der Waals surface area contributed by atoms with E-state index in [1.165, 1.54) is 11.8 Å². The van der Waals surface area contributed by atoms with Gasteiger partial charge in [-0.3, -0.25) is 4.79 Å². The summed E-state index contributed by atoms with van der Waals surface area (Å²) in [5.41, 5.74) is 11.6. The highest BCUT2D eigenvalue weighted by Gasteiger charge is 2.19. The van der Waals surface area contributed by atoms with E-state index >= 15 is 0 Å². The van der Waals surface area contributed by atoms with Crippen LogP contribution in [-0.2, 0) is 17.9 Å². The number of aromatic nitrogens is 3. The molecule has 0 unspecified atom stereocenters. The van der Waals surface area contributed by atoms with Gasteiger partial charge in [-0.1, -0.05) is 48.2 Å². The van der Waals surface area contributed by atoms with Crippen LogP contribution >= 0.6 is 11.8 Å². The van der Waals surface area contributed by atoms with Crippen LogP contribution in [-0.4, -0.2) is 31.6 Å². The molecule has 0 fully saturated rings. The minimum Gasteiger partial charge on any atom is -0.399 e. The van der Waals surface area contributed by atoms with Crippen molar-refractivity contribution in [3.05, 3.63) is 78.6 Å². The Morgan fingerprint density at radius 1 is 1.22 bits per heavy atom. The maximum atomic E-state index is 12.6. The van der Waals surface area contributed by atoms with Gasteiger partial charge >= 0.3 is 0 Å². The number of nitrogen functional groups attached to an aromatic ring is 1. The molecule has 3 aromatic rings. The van der Waals surface area contributed by atoms with E-state index in [2.05, 4.69) is 32.6 Å². The molecular weight excluding hydrogens is 422 g/mol. The van der Waals surface area contributed by atoms with Crippen molar-refractivity contribution in [1.29, 1.82) is 0 Å². The van der Waals surface area contributed by atoms with Gasteiger partial charge in [0.25, 0.3) is 5.91 Å². The van der Waals surface area contributed by atoms with Gasteiger partial charge in [0.15, 0.2) is 11.0 Å². The minimum atomic E-state index is -0.416. The molecule has 0 radical (unpaired) electrons. The molecule has 1 aromatic heterocycles. The number of carbonyl (C=O) groups excluding carboxylic acids is 1. The second kappa shape index (κ2) is 11.1. The Balaban J connectivity index is 1.62. The van der Waals surface area contributed by atoms with Crippen molar-refractivity contribution in [2.24, 2.45) is 5.10 Å². The monoisotopic (exact) mass is 449 g/mol. The molecule has 2 aromatic carbocycles. The number of benzene rings is 2. The van der Waals surface area contributed by atoms with Crippen LogP contribution in [0.1, 0.15) is 25.2 Å². The fourth-order valence-electron chi connectivity index (χ4n) is 2.82. The van der Waals surface area contributed by atoms with E-state index in [-0.39, 0.29) is 5.91 Å². The van der Waals surface area contributed by atoms with Crippen molar-refractivity contribution in [3.8, 4) is 0 Å². The van der Waals surface area contributed by atoms with E-state index in [4.69, 9.17) is 5.73 Å². The second-order valence-corrected chi connectivity index (χ2v) is 8.38. The third kappa shape index (κ3) is 6.21. The largest absolute Gasteiger partial charge is 0.399 e. The molecule has 9 heteroatoms. The van der Waals surface area contributed by atoms with Gasteiger partial charge in [0.1, 0.15) is 0 Å². The molecule has 166 valence electrons. The zero-order chi connectivity index (χ0) is 22.9. The molecule has 0 saturated carbocycles. The predicted molar refractivity (Wildman–Crippen MR) is 131 cm³/mol. The van der Waals surface area contributed by atoms with E-state index in [0.717, 1.165) is 17.1 Å². The molecule has 4 N–H and O–H groups in total.